The van der Waals surface area contributed by atoms with Crippen LogP contribution < -0.4 is 16.6 Å². The van der Waals surface area contributed by atoms with Crippen LogP contribution in [0.1, 0.15) is 16.1 Å². The Labute approximate surface area is 120 Å². The van der Waals surface area contributed by atoms with Crippen molar-refractivity contribution in [3.8, 4) is 0 Å². The van der Waals surface area contributed by atoms with Crippen LogP contribution in [0.3, 0.4) is 0 Å². The summed E-state index contributed by atoms with van der Waals surface area (Å²) in [4.78, 5) is 16.5. The van der Waals surface area contributed by atoms with E-state index in [0.717, 1.165) is 10.9 Å². The fourth-order valence-corrected chi connectivity index (χ4v) is 2.06. The van der Waals surface area contributed by atoms with Crippen molar-refractivity contribution in [3.05, 3.63) is 54.0 Å². The number of amides is 1. The fraction of sp³-hybridized carbons (Fsp3) is 0.0714. The number of H-pyrrole nitrogens is 1. The highest BCUT2D eigenvalue weighted by Crippen LogP contribution is 2.22. The van der Waals surface area contributed by atoms with E-state index < -0.39 is 0 Å². The Bertz CT molecular complexity index is 768. The number of pyridine rings is 1. The maximum atomic E-state index is 12.2. The zero-order valence-electron chi connectivity index (χ0n) is 11.1. The van der Waals surface area contributed by atoms with Crippen LogP contribution in [0.5, 0.6) is 0 Å². The van der Waals surface area contributed by atoms with Gasteiger partial charge in [-0.25, -0.2) is 4.98 Å². The Kier molecular flexibility index (Phi) is 3.48. The lowest BCUT2D eigenvalue weighted by molar-refractivity contribution is 0.0946. The number of carbonyl (C=O) groups excluding carboxylic acids is 1. The average molecular weight is 282 g/mol. The van der Waals surface area contributed by atoms with Gasteiger partial charge in [-0.05, 0) is 12.1 Å². The number of benzene rings is 1. The molecule has 1 amide bonds. The van der Waals surface area contributed by atoms with Crippen LogP contribution in [-0.4, -0.2) is 21.1 Å². The molecule has 2 heterocycles. The summed E-state index contributed by atoms with van der Waals surface area (Å²) in [5.74, 6) is 5.25. The first kappa shape index (κ1) is 13.1. The largest absolute Gasteiger partial charge is 0.347 e. The molecule has 0 spiro atoms. The monoisotopic (exact) mass is 282 g/mol. The molecule has 0 radical (unpaired) electrons. The number of fused-ring (bicyclic) bond motifs is 1. The highest BCUT2D eigenvalue weighted by Gasteiger charge is 2.11. The zero-order valence-corrected chi connectivity index (χ0v) is 11.1. The Hall–Kier alpha value is -2.93. The van der Waals surface area contributed by atoms with Gasteiger partial charge < -0.3 is 10.7 Å². The molecule has 3 rings (SSSR count). The van der Waals surface area contributed by atoms with Crippen molar-refractivity contribution in [2.45, 2.75) is 6.54 Å². The first-order chi connectivity index (χ1) is 10.3. The Morgan fingerprint density at radius 1 is 1.33 bits per heavy atom. The van der Waals surface area contributed by atoms with Crippen LogP contribution in [0.15, 0.2) is 42.7 Å². The molecule has 3 aromatic rings. The summed E-state index contributed by atoms with van der Waals surface area (Å²) in [5, 5.41) is 10.2. The van der Waals surface area contributed by atoms with E-state index >= 15 is 0 Å². The maximum absolute atomic E-state index is 12.2. The molecule has 0 aliphatic carbocycles. The van der Waals surface area contributed by atoms with E-state index in [2.05, 4.69) is 25.9 Å². The van der Waals surface area contributed by atoms with Crippen molar-refractivity contribution in [2.75, 3.05) is 5.43 Å². The third kappa shape index (κ3) is 2.67. The smallest absolute Gasteiger partial charge is 0.270 e. The van der Waals surface area contributed by atoms with Crippen molar-refractivity contribution in [1.29, 1.82) is 0 Å². The second-order valence-electron chi connectivity index (χ2n) is 4.51. The van der Waals surface area contributed by atoms with Crippen molar-refractivity contribution in [3.63, 3.8) is 0 Å². The van der Waals surface area contributed by atoms with E-state index in [1.807, 2.05) is 24.3 Å². The number of hydrogen-bond donors (Lipinski definition) is 4. The average Bonchev–Trinajstić information content (AvgIpc) is 3.04. The van der Waals surface area contributed by atoms with Crippen molar-refractivity contribution in [2.24, 2.45) is 5.84 Å². The molecule has 0 aliphatic heterocycles. The summed E-state index contributed by atoms with van der Waals surface area (Å²) in [5.41, 5.74) is 5.17. The number of para-hydroxylation sites is 1. The number of carbonyl (C=O) groups is 1. The van der Waals surface area contributed by atoms with Gasteiger partial charge in [-0.1, -0.05) is 18.2 Å². The molecule has 0 fully saturated rings. The number of nitrogens with two attached hydrogens (primary N) is 1. The lowest BCUT2D eigenvalue weighted by Crippen LogP contribution is -2.24. The van der Waals surface area contributed by atoms with E-state index in [0.29, 0.717) is 23.4 Å². The van der Waals surface area contributed by atoms with Gasteiger partial charge in [0.2, 0.25) is 0 Å². The SMILES string of the molecule is NNc1cc(C(=O)NCc2cn[nH]c2)nc2ccccc12. The number of rotatable bonds is 4. The molecule has 0 aliphatic rings. The summed E-state index contributed by atoms with van der Waals surface area (Å²) in [6.45, 7) is 0.384. The minimum absolute atomic E-state index is 0.265. The van der Waals surface area contributed by atoms with Gasteiger partial charge in [0.1, 0.15) is 5.69 Å². The topological polar surface area (TPSA) is 109 Å². The lowest BCUT2D eigenvalue weighted by Gasteiger charge is -2.09. The normalized spacial score (nSPS) is 10.5. The number of aromatic nitrogens is 3. The number of anilines is 1. The standard InChI is InChI=1S/C14H14N6O/c15-20-12-5-13(19-11-4-2-1-3-10(11)12)14(21)16-6-9-7-17-18-8-9/h1-5,7-8H,6,15H2,(H,16,21)(H,17,18)(H,19,20). The molecule has 0 atom stereocenters. The number of nitrogens with zero attached hydrogens (tertiary/aromatic N) is 2. The van der Waals surface area contributed by atoms with Crippen LogP contribution >= 0.6 is 0 Å². The summed E-state index contributed by atoms with van der Waals surface area (Å²) < 4.78 is 0. The molecule has 106 valence electrons. The maximum Gasteiger partial charge on any atom is 0.270 e. The predicted octanol–water partition coefficient (Wildman–Crippen LogP) is 1.17. The van der Waals surface area contributed by atoms with Gasteiger partial charge in [0.25, 0.3) is 5.91 Å². The molecule has 0 saturated carbocycles. The van der Waals surface area contributed by atoms with Crippen molar-refractivity contribution in [1.82, 2.24) is 20.5 Å². The van der Waals surface area contributed by atoms with Gasteiger partial charge in [-0.15, -0.1) is 0 Å². The number of nitrogens with one attached hydrogen (secondary N) is 3. The minimum Gasteiger partial charge on any atom is -0.347 e. The van der Waals surface area contributed by atoms with Crippen molar-refractivity contribution >= 4 is 22.5 Å². The highest BCUT2D eigenvalue weighted by atomic mass is 16.1. The van der Waals surface area contributed by atoms with E-state index in [1.54, 1.807) is 18.5 Å². The molecule has 1 aromatic carbocycles. The second kappa shape index (κ2) is 5.59. The molecule has 0 bridgehead atoms. The van der Waals surface area contributed by atoms with Gasteiger partial charge in [0.05, 0.1) is 17.4 Å². The number of aromatic amines is 1. The minimum atomic E-state index is -0.265. The first-order valence-corrected chi connectivity index (χ1v) is 6.40. The van der Waals surface area contributed by atoms with Gasteiger partial charge in [0.15, 0.2) is 0 Å². The first-order valence-electron chi connectivity index (χ1n) is 6.40. The van der Waals surface area contributed by atoms with Crippen LogP contribution in [0, 0.1) is 0 Å². The van der Waals surface area contributed by atoms with Gasteiger partial charge >= 0.3 is 0 Å². The number of nitrogen functional groups attached to an aromatic ring is 1. The molecule has 7 nitrogen and oxygen atoms in total. The fourth-order valence-electron chi connectivity index (χ4n) is 2.06. The number of hydrogen-bond acceptors (Lipinski definition) is 5. The molecule has 0 saturated heterocycles. The molecule has 0 unspecified atom stereocenters. The molecule has 2 aromatic heterocycles. The predicted molar refractivity (Wildman–Crippen MR) is 79.3 cm³/mol. The molecular formula is C14H14N6O. The third-order valence-electron chi connectivity index (χ3n) is 3.11. The quantitative estimate of drug-likeness (QED) is 0.424. The molecule has 7 heteroatoms. The second-order valence-corrected chi connectivity index (χ2v) is 4.51. The van der Waals surface area contributed by atoms with Gasteiger partial charge in [-0.2, -0.15) is 5.10 Å². The van der Waals surface area contributed by atoms with E-state index in [-0.39, 0.29) is 5.91 Å². The zero-order chi connectivity index (χ0) is 14.7. The van der Waals surface area contributed by atoms with Crippen LogP contribution in [0.2, 0.25) is 0 Å². The summed E-state index contributed by atoms with van der Waals surface area (Å²) >= 11 is 0. The van der Waals surface area contributed by atoms with E-state index in [4.69, 9.17) is 5.84 Å². The third-order valence-corrected chi connectivity index (χ3v) is 3.11. The van der Waals surface area contributed by atoms with Gasteiger partial charge in [-0.3, -0.25) is 15.7 Å². The Balaban J connectivity index is 1.87. The van der Waals surface area contributed by atoms with Gasteiger partial charge in [0, 0.05) is 23.7 Å². The molecule has 21 heavy (non-hydrogen) atoms. The lowest BCUT2D eigenvalue weighted by atomic mass is 10.1. The van der Waals surface area contributed by atoms with Crippen molar-refractivity contribution < 1.29 is 4.79 Å². The van der Waals surface area contributed by atoms with Crippen LogP contribution in [0.25, 0.3) is 10.9 Å². The number of hydrazine groups is 1. The van der Waals surface area contributed by atoms with E-state index in [1.165, 1.54) is 0 Å². The summed E-state index contributed by atoms with van der Waals surface area (Å²) in [6.07, 6.45) is 3.38. The van der Waals surface area contributed by atoms with Crippen LogP contribution in [0.4, 0.5) is 5.69 Å². The Morgan fingerprint density at radius 2 is 2.19 bits per heavy atom. The molecular weight excluding hydrogens is 268 g/mol. The molecule has 5 N–H and O–H groups in total. The van der Waals surface area contributed by atoms with E-state index in [9.17, 15) is 4.79 Å². The summed E-state index contributed by atoms with van der Waals surface area (Å²) in [7, 11) is 0. The summed E-state index contributed by atoms with van der Waals surface area (Å²) in [6, 6.07) is 9.12. The highest BCUT2D eigenvalue weighted by molar-refractivity contribution is 5.99. The Morgan fingerprint density at radius 3 is 2.95 bits per heavy atom. The van der Waals surface area contributed by atoms with Crippen LogP contribution in [-0.2, 0) is 6.54 Å².